The van der Waals surface area contributed by atoms with Crippen LogP contribution in [-0.2, 0) is 18.4 Å². The number of hydrogen-bond donors (Lipinski definition) is 0. The van der Waals surface area contributed by atoms with Crippen molar-refractivity contribution in [1.29, 1.82) is 0 Å². The van der Waals surface area contributed by atoms with Crippen LogP contribution >= 0.6 is 23.2 Å². The van der Waals surface area contributed by atoms with Crippen LogP contribution in [0.25, 0.3) is 0 Å². The number of halogens is 2. The first-order chi connectivity index (χ1) is 11.5. The van der Waals surface area contributed by atoms with E-state index in [2.05, 4.69) is 5.10 Å². The zero-order valence-corrected chi connectivity index (χ0v) is 15.9. The van der Waals surface area contributed by atoms with Gasteiger partial charge < -0.3 is 9.29 Å². The van der Waals surface area contributed by atoms with Crippen molar-refractivity contribution in [2.45, 2.75) is 30.9 Å². The predicted molar refractivity (Wildman–Crippen MR) is 96.0 cm³/mol. The molecule has 130 valence electrons. The maximum absolute atomic E-state index is 12.8. The molecule has 0 aliphatic carbocycles. The third kappa shape index (κ3) is 3.83. The molecule has 8 heteroatoms. The van der Waals surface area contributed by atoms with Crippen molar-refractivity contribution >= 4 is 34.6 Å². The van der Waals surface area contributed by atoms with Crippen molar-refractivity contribution in [2.24, 2.45) is 7.05 Å². The second-order valence-corrected chi connectivity index (χ2v) is 8.07. The van der Waals surface area contributed by atoms with Gasteiger partial charge in [0, 0.05) is 43.6 Å². The third-order valence-corrected chi connectivity index (χ3v) is 6.33. The maximum atomic E-state index is 12.8. The molecule has 0 N–H and O–H groups in total. The van der Waals surface area contributed by atoms with Gasteiger partial charge in [0.05, 0.1) is 11.2 Å². The summed E-state index contributed by atoms with van der Waals surface area (Å²) in [5, 5.41) is 6.03. The van der Waals surface area contributed by atoms with Gasteiger partial charge in [0.1, 0.15) is 23.2 Å². The number of ether oxygens (including phenoxy) is 1. The van der Waals surface area contributed by atoms with Gasteiger partial charge in [-0.1, -0.05) is 23.2 Å². The molecule has 0 bridgehead atoms. The Hall–Kier alpha value is -0.920. The maximum Gasteiger partial charge on any atom is 0.267 e. The Labute approximate surface area is 154 Å². The number of benzene rings is 1. The number of aryl methyl sites for hydroxylation is 2. The molecule has 2 heterocycles. The molecule has 1 unspecified atom stereocenters. The highest BCUT2D eigenvalue weighted by Crippen LogP contribution is 2.31. The third-order valence-electron chi connectivity index (χ3n) is 4.04. The Balaban J connectivity index is 1.59. The molecule has 5 nitrogen and oxygen atoms in total. The highest BCUT2D eigenvalue weighted by atomic mass is 35.5. The zero-order valence-electron chi connectivity index (χ0n) is 13.5. The van der Waals surface area contributed by atoms with Crippen molar-refractivity contribution in [3.05, 3.63) is 40.0 Å². The number of hydrogen-bond acceptors (Lipinski definition) is 4. The molecule has 0 saturated carbocycles. The highest BCUT2D eigenvalue weighted by molar-refractivity contribution is 7.89. The van der Waals surface area contributed by atoms with Crippen LogP contribution in [0.15, 0.2) is 29.4 Å². The molecule has 24 heavy (non-hydrogen) atoms. The Morgan fingerprint density at radius 1 is 1.29 bits per heavy atom. The molecule has 1 aliphatic rings. The van der Waals surface area contributed by atoms with Crippen LogP contribution in [-0.4, -0.2) is 37.8 Å². The minimum atomic E-state index is -1.20. The summed E-state index contributed by atoms with van der Waals surface area (Å²) < 4.78 is 22.4. The van der Waals surface area contributed by atoms with Gasteiger partial charge in [-0.3, -0.25) is 0 Å². The summed E-state index contributed by atoms with van der Waals surface area (Å²) in [6, 6.07) is 5.22. The lowest BCUT2D eigenvalue weighted by molar-refractivity contribution is 0.135. The van der Waals surface area contributed by atoms with Crippen molar-refractivity contribution in [1.82, 2.24) is 14.1 Å². The molecule has 0 radical (unpaired) electrons. The van der Waals surface area contributed by atoms with Gasteiger partial charge in [-0.05, 0) is 25.1 Å². The molecule has 0 amide bonds. The predicted octanol–water partition coefficient (Wildman–Crippen LogP) is 3.60. The summed E-state index contributed by atoms with van der Waals surface area (Å²) in [5.74, 6) is 0.642. The SMILES string of the molecule is Cc1cnn(C)c1[S+]([O-])N1CCC(Oc2ccc(Cl)cc2Cl)CC1. The van der Waals surface area contributed by atoms with Crippen molar-refractivity contribution in [3.8, 4) is 5.75 Å². The van der Waals surface area contributed by atoms with Crippen LogP contribution in [0.4, 0.5) is 0 Å². The lowest BCUT2D eigenvalue weighted by atomic mass is 10.1. The molecule has 1 fully saturated rings. The van der Waals surface area contributed by atoms with Gasteiger partial charge in [0.15, 0.2) is 0 Å². The van der Waals surface area contributed by atoms with E-state index in [-0.39, 0.29) is 6.10 Å². The minimum absolute atomic E-state index is 0.0598. The second-order valence-electron chi connectivity index (χ2n) is 5.83. The lowest BCUT2D eigenvalue weighted by Crippen LogP contribution is -2.42. The number of aromatic nitrogens is 2. The molecular formula is C16H19Cl2N3O2S. The fraction of sp³-hybridized carbons (Fsp3) is 0.438. The average molecular weight is 388 g/mol. The average Bonchev–Trinajstić information content (AvgIpc) is 2.89. The second kappa shape index (κ2) is 7.54. The van der Waals surface area contributed by atoms with Gasteiger partial charge in [-0.15, -0.1) is 4.31 Å². The van der Waals surface area contributed by atoms with Crippen LogP contribution in [0, 0.1) is 6.92 Å². The zero-order chi connectivity index (χ0) is 17.3. The molecule has 0 spiro atoms. The smallest absolute Gasteiger partial charge is 0.267 e. The molecule has 2 aromatic rings. The highest BCUT2D eigenvalue weighted by Gasteiger charge is 2.32. The van der Waals surface area contributed by atoms with E-state index in [1.54, 1.807) is 29.1 Å². The van der Waals surface area contributed by atoms with Gasteiger partial charge in [-0.2, -0.15) is 5.10 Å². The molecule has 3 rings (SSSR count). The largest absolute Gasteiger partial charge is 0.592 e. The monoisotopic (exact) mass is 387 g/mol. The molecule has 1 aromatic heterocycles. The van der Waals surface area contributed by atoms with Crippen molar-refractivity contribution < 1.29 is 9.29 Å². The molecule has 1 aliphatic heterocycles. The van der Waals surface area contributed by atoms with E-state index in [0.717, 1.165) is 23.4 Å². The lowest BCUT2D eigenvalue weighted by Gasteiger charge is -2.31. The van der Waals surface area contributed by atoms with Crippen LogP contribution in [0.2, 0.25) is 10.0 Å². The number of nitrogens with zero attached hydrogens (tertiary/aromatic N) is 3. The van der Waals surface area contributed by atoms with Gasteiger partial charge >= 0.3 is 0 Å². The number of rotatable bonds is 4. The standard InChI is InChI=1S/C16H19Cl2N3O2S/c1-11-10-19-20(2)16(11)24(22)21-7-5-13(6-8-21)23-15-4-3-12(17)9-14(15)18/h3-4,9-10,13H,5-8H2,1-2H3. The van der Waals surface area contributed by atoms with Crippen LogP contribution in [0.3, 0.4) is 0 Å². The summed E-state index contributed by atoms with van der Waals surface area (Å²) in [6.45, 7) is 3.33. The molecule has 1 atom stereocenters. The van der Waals surface area contributed by atoms with E-state index in [1.807, 2.05) is 18.3 Å². The first-order valence-electron chi connectivity index (χ1n) is 7.73. The normalized spacial score (nSPS) is 17.9. The van der Waals surface area contributed by atoms with E-state index in [4.69, 9.17) is 27.9 Å². The summed E-state index contributed by atoms with van der Waals surface area (Å²) >= 11 is 10.9. The van der Waals surface area contributed by atoms with E-state index in [9.17, 15) is 4.55 Å². The van der Waals surface area contributed by atoms with Crippen molar-refractivity contribution in [3.63, 3.8) is 0 Å². The summed E-state index contributed by atoms with van der Waals surface area (Å²) in [4.78, 5) is 0. The van der Waals surface area contributed by atoms with E-state index >= 15 is 0 Å². The van der Waals surface area contributed by atoms with E-state index in [0.29, 0.717) is 28.9 Å². The van der Waals surface area contributed by atoms with Crippen molar-refractivity contribution in [2.75, 3.05) is 13.1 Å². The topological polar surface area (TPSA) is 53.3 Å². The first kappa shape index (κ1) is 17.9. The van der Waals surface area contributed by atoms with Gasteiger partial charge in [0.25, 0.3) is 5.03 Å². The Morgan fingerprint density at radius 2 is 2.00 bits per heavy atom. The Bertz CT molecular complexity index is 698. The Morgan fingerprint density at radius 3 is 2.58 bits per heavy atom. The fourth-order valence-electron chi connectivity index (χ4n) is 2.78. The van der Waals surface area contributed by atoms with Crippen LogP contribution in [0.5, 0.6) is 5.75 Å². The fourth-order valence-corrected chi connectivity index (χ4v) is 4.62. The van der Waals surface area contributed by atoms with E-state index < -0.39 is 11.4 Å². The van der Waals surface area contributed by atoms with Crippen LogP contribution in [0.1, 0.15) is 18.4 Å². The summed E-state index contributed by atoms with van der Waals surface area (Å²) in [6.07, 6.45) is 3.39. The Kier molecular flexibility index (Phi) is 5.62. The quantitative estimate of drug-likeness (QED) is 0.751. The van der Waals surface area contributed by atoms with Crippen LogP contribution < -0.4 is 4.74 Å². The summed E-state index contributed by atoms with van der Waals surface area (Å²) in [7, 11) is 1.82. The minimum Gasteiger partial charge on any atom is -0.592 e. The van der Waals surface area contributed by atoms with Gasteiger partial charge in [0.2, 0.25) is 0 Å². The summed E-state index contributed by atoms with van der Waals surface area (Å²) in [5.41, 5.74) is 0.946. The molecular weight excluding hydrogens is 369 g/mol. The molecule has 1 aromatic carbocycles. The number of piperidine rings is 1. The molecule has 1 saturated heterocycles. The first-order valence-corrected chi connectivity index (χ1v) is 9.59. The van der Waals surface area contributed by atoms with E-state index in [1.165, 1.54) is 0 Å². The van der Waals surface area contributed by atoms with Gasteiger partial charge in [-0.25, -0.2) is 4.68 Å².